The maximum Gasteiger partial charge on any atom is 0.241 e. The molecule has 0 saturated heterocycles. The Hall–Kier alpha value is -1.16. The van der Waals surface area contributed by atoms with Crippen molar-refractivity contribution in [3.63, 3.8) is 0 Å². The Morgan fingerprint density at radius 2 is 1.65 bits per heavy atom. The molecule has 1 atom stereocenters. The summed E-state index contributed by atoms with van der Waals surface area (Å²) in [6, 6.07) is 7.00. The zero-order valence-corrected chi connectivity index (χ0v) is 14.3. The first-order chi connectivity index (χ1) is 10.7. The minimum Gasteiger partial charge on any atom is -0.488 e. The molecule has 0 aliphatic heterocycles. The van der Waals surface area contributed by atoms with Gasteiger partial charge in [0.05, 0.1) is 5.60 Å². The van der Waals surface area contributed by atoms with Gasteiger partial charge < -0.3 is 9.84 Å². The zero-order valence-electron chi connectivity index (χ0n) is 14.3. The average Bonchev–Trinajstić information content (AvgIpc) is 2.46. The predicted molar refractivity (Wildman–Crippen MR) is 87.9 cm³/mol. The van der Waals surface area contributed by atoms with Crippen molar-refractivity contribution < 1.29 is 18.6 Å². The summed E-state index contributed by atoms with van der Waals surface area (Å²) in [6.07, 6.45) is 1.72. The van der Waals surface area contributed by atoms with E-state index in [-0.39, 0.29) is 11.5 Å². The minimum atomic E-state index is -2.52. The lowest BCUT2D eigenvalue weighted by molar-refractivity contribution is -0.0809. The van der Waals surface area contributed by atoms with E-state index in [9.17, 15) is 13.9 Å². The Labute approximate surface area is 137 Å². The molecule has 0 aromatic heterocycles. The summed E-state index contributed by atoms with van der Waals surface area (Å²) in [6.45, 7) is 5.86. The number of hydrogen-bond acceptors (Lipinski definition) is 2. The van der Waals surface area contributed by atoms with Gasteiger partial charge in [0.1, 0.15) is 11.4 Å². The number of benzene rings is 1. The molecule has 0 spiro atoms. The van der Waals surface area contributed by atoms with Gasteiger partial charge in [-0.1, -0.05) is 31.4 Å². The fraction of sp³-hybridized carbons (Fsp3) is 0.684. The second-order valence-corrected chi connectivity index (χ2v) is 7.59. The second kappa shape index (κ2) is 7.16. The van der Waals surface area contributed by atoms with Crippen molar-refractivity contribution in [1.82, 2.24) is 0 Å². The van der Waals surface area contributed by atoms with Gasteiger partial charge in [0.25, 0.3) is 0 Å². The highest BCUT2D eigenvalue weighted by Crippen LogP contribution is 2.43. The normalized spacial score (nSPS) is 19.6. The number of rotatable bonds is 5. The lowest BCUT2D eigenvalue weighted by Gasteiger charge is -2.39. The Kier molecular flexibility index (Phi) is 5.66. The monoisotopic (exact) mass is 326 g/mol. The largest absolute Gasteiger partial charge is 0.488 e. The van der Waals surface area contributed by atoms with Crippen molar-refractivity contribution in [2.75, 3.05) is 0 Å². The summed E-state index contributed by atoms with van der Waals surface area (Å²) < 4.78 is 31.9. The fourth-order valence-corrected chi connectivity index (χ4v) is 3.50. The zero-order chi connectivity index (χ0) is 17.1. The molecule has 0 amide bonds. The summed E-state index contributed by atoms with van der Waals surface area (Å²) in [5.74, 6) is 0.587. The highest BCUT2D eigenvalue weighted by Gasteiger charge is 2.41. The first-order valence-corrected chi connectivity index (χ1v) is 8.51. The quantitative estimate of drug-likeness (QED) is 0.797. The first-order valence-electron chi connectivity index (χ1n) is 8.51. The first kappa shape index (κ1) is 18.2. The van der Waals surface area contributed by atoms with Gasteiger partial charge in [-0.15, -0.1) is 0 Å². The molecule has 0 heterocycles. The van der Waals surface area contributed by atoms with Crippen LogP contribution in [0.25, 0.3) is 0 Å². The predicted octanol–water partition coefficient (Wildman–Crippen LogP) is 5.29. The van der Waals surface area contributed by atoms with Crippen molar-refractivity contribution in [3.8, 4) is 5.75 Å². The van der Waals surface area contributed by atoms with Crippen LogP contribution in [0.3, 0.4) is 0 Å². The summed E-state index contributed by atoms with van der Waals surface area (Å²) in [7, 11) is 0. The highest BCUT2D eigenvalue weighted by atomic mass is 19.3. The molecule has 0 radical (unpaired) electrons. The van der Waals surface area contributed by atoms with Gasteiger partial charge >= 0.3 is 0 Å². The molecule has 2 nitrogen and oxygen atoms in total. The van der Waals surface area contributed by atoms with E-state index < -0.39 is 18.4 Å². The lowest BCUT2D eigenvalue weighted by atomic mass is 9.72. The fourth-order valence-electron chi connectivity index (χ4n) is 3.50. The average molecular weight is 326 g/mol. The summed E-state index contributed by atoms with van der Waals surface area (Å²) in [4.78, 5) is 0. The van der Waals surface area contributed by atoms with Gasteiger partial charge in [0.15, 0.2) is 0 Å². The van der Waals surface area contributed by atoms with Crippen LogP contribution in [-0.4, -0.2) is 17.1 Å². The van der Waals surface area contributed by atoms with Crippen LogP contribution in [0.1, 0.15) is 64.9 Å². The van der Waals surface area contributed by atoms with Crippen LogP contribution in [-0.2, 0) is 5.60 Å². The minimum absolute atomic E-state index is 0.0976. The van der Waals surface area contributed by atoms with Gasteiger partial charge in [-0.25, -0.2) is 8.78 Å². The van der Waals surface area contributed by atoms with Gasteiger partial charge in [0, 0.05) is 6.42 Å². The molecular formula is C19H28F2O2. The molecule has 1 aromatic carbocycles. The third-order valence-electron chi connectivity index (χ3n) is 4.52. The third-order valence-corrected chi connectivity index (χ3v) is 4.52. The van der Waals surface area contributed by atoms with Gasteiger partial charge in [0.2, 0.25) is 6.43 Å². The molecule has 1 aromatic rings. The van der Waals surface area contributed by atoms with Crippen molar-refractivity contribution in [1.29, 1.82) is 0 Å². The number of aliphatic hydroxyl groups is 1. The lowest BCUT2D eigenvalue weighted by Crippen LogP contribution is -2.38. The smallest absolute Gasteiger partial charge is 0.241 e. The molecule has 4 heteroatoms. The number of halogens is 2. The molecule has 1 N–H and O–H groups in total. The topological polar surface area (TPSA) is 29.5 Å². The van der Waals surface area contributed by atoms with E-state index in [2.05, 4.69) is 0 Å². The van der Waals surface area contributed by atoms with Crippen molar-refractivity contribution in [2.24, 2.45) is 5.92 Å². The van der Waals surface area contributed by atoms with E-state index in [1.54, 1.807) is 24.3 Å². The number of ether oxygens (including phenoxy) is 1. The van der Waals surface area contributed by atoms with E-state index in [1.807, 2.05) is 20.8 Å². The van der Waals surface area contributed by atoms with Crippen molar-refractivity contribution in [3.05, 3.63) is 29.8 Å². The standard InChI is InChI=1S/C19H28F2O2/c1-18(2,3)23-16-11-9-15(10-12-16)19(22,13-17(20)21)14-7-5-4-6-8-14/h9-12,14,17,22H,4-8,13H2,1-3H3. The van der Waals surface area contributed by atoms with Crippen molar-refractivity contribution >= 4 is 0 Å². The van der Waals surface area contributed by atoms with Crippen LogP contribution in [0.5, 0.6) is 5.75 Å². The molecule has 0 bridgehead atoms. The molecule has 1 aliphatic carbocycles. The molecule has 1 saturated carbocycles. The Balaban J connectivity index is 2.24. The number of hydrogen-bond donors (Lipinski definition) is 1. The van der Waals surface area contributed by atoms with Crippen LogP contribution in [0.2, 0.25) is 0 Å². The Bertz CT molecular complexity index is 487. The van der Waals surface area contributed by atoms with E-state index in [4.69, 9.17) is 4.74 Å². The summed E-state index contributed by atoms with van der Waals surface area (Å²) >= 11 is 0. The SMILES string of the molecule is CC(C)(C)Oc1ccc(C(O)(CC(F)F)C2CCCCC2)cc1. The molecule has 2 rings (SSSR count). The van der Waals surface area contributed by atoms with Crippen LogP contribution in [0.4, 0.5) is 8.78 Å². The van der Waals surface area contributed by atoms with Gasteiger partial charge in [-0.05, 0) is 57.2 Å². The van der Waals surface area contributed by atoms with Crippen LogP contribution in [0.15, 0.2) is 24.3 Å². The van der Waals surface area contributed by atoms with Crippen LogP contribution >= 0.6 is 0 Å². The summed E-state index contributed by atoms with van der Waals surface area (Å²) in [5.41, 5.74) is -1.19. The second-order valence-electron chi connectivity index (χ2n) is 7.59. The highest BCUT2D eigenvalue weighted by molar-refractivity contribution is 5.32. The van der Waals surface area contributed by atoms with Gasteiger partial charge in [-0.2, -0.15) is 0 Å². The molecule has 1 fully saturated rings. The Morgan fingerprint density at radius 1 is 1.09 bits per heavy atom. The molecule has 23 heavy (non-hydrogen) atoms. The van der Waals surface area contributed by atoms with Crippen LogP contribution < -0.4 is 4.74 Å². The molecule has 130 valence electrons. The maximum absolute atomic E-state index is 13.1. The molecular weight excluding hydrogens is 298 g/mol. The van der Waals surface area contributed by atoms with Crippen molar-refractivity contribution in [2.45, 2.75) is 76.9 Å². The maximum atomic E-state index is 13.1. The van der Waals surface area contributed by atoms with E-state index in [1.165, 1.54) is 0 Å². The number of alkyl halides is 2. The van der Waals surface area contributed by atoms with Crippen LogP contribution in [0, 0.1) is 5.92 Å². The van der Waals surface area contributed by atoms with E-state index in [0.717, 1.165) is 32.1 Å². The molecule has 1 unspecified atom stereocenters. The summed E-state index contributed by atoms with van der Waals surface area (Å²) in [5, 5.41) is 11.1. The van der Waals surface area contributed by atoms with E-state index >= 15 is 0 Å². The third kappa shape index (κ3) is 4.90. The van der Waals surface area contributed by atoms with Gasteiger partial charge in [-0.3, -0.25) is 0 Å². The Morgan fingerprint density at radius 3 is 2.13 bits per heavy atom. The van der Waals surface area contributed by atoms with E-state index in [0.29, 0.717) is 11.3 Å². The molecule has 1 aliphatic rings.